The van der Waals surface area contributed by atoms with Crippen LogP contribution in [0.5, 0.6) is 5.88 Å². The third-order valence-corrected chi connectivity index (χ3v) is 3.15. The minimum atomic E-state index is -0.815. The molecule has 0 atom stereocenters. The van der Waals surface area contributed by atoms with Crippen molar-refractivity contribution in [3.63, 3.8) is 0 Å². The summed E-state index contributed by atoms with van der Waals surface area (Å²) in [6.07, 6.45) is 1.10. The number of esters is 1. The quantitative estimate of drug-likeness (QED) is 0.523. The van der Waals surface area contributed by atoms with Crippen LogP contribution in [-0.4, -0.2) is 39.4 Å². The largest absolute Gasteiger partial charge is 0.494 e. The smallest absolute Gasteiger partial charge is 0.328 e. The Balaban J connectivity index is 2.21. The lowest BCUT2D eigenvalue weighted by molar-refractivity contribution is -0.139. The number of aromatic amines is 2. The summed E-state index contributed by atoms with van der Waals surface area (Å²) in [6.45, 7) is 0. The Morgan fingerprint density at radius 1 is 1.52 bits per heavy atom. The Kier molecular flexibility index (Phi) is 4.28. The number of nitrogens with one attached hydrogen (secondary N) is 2. The number of aromatic nitrogens is 3. The molecule has 21 heavy (non-hydrogen) atoms. The molecule has 0 radical (unpaired) electrons. The van der Waals surface area contributed by atoms with E-state index in [2.05, 4.69) is 14.7 Å². The Morgan fingerprint density at radius 2 is 2.29 bits per heavy atom. The van der Waals surface area contributed by atoms with Crippen LogP contribution in [0.4, 0.5) is 5.13 Å². The summed E-state index contributed by atoms with van der Waals surface area (Å²) < 4.78 is 4.51. The third-order valence-electron chi connectivity index (χ3n) is 2.36. The van der Waals surface area contributed by atoms with Crippen LogP contribution in [0, 0.1) is 0 Å². The van der Waals surface area contributed by atoms with Gasteiger partial charge in [0.15, 0.2) is 0 Å². The Hall–Kier alpha value is -2.75. The molecule has 2 rings (SSSR count). The van der Waals surface area contributed by atoms with Crippen molar-refractivity contribution in [2.45, 2.75) is 6.42 Å². The molecule has 10 heteroatoms. The number of thiazole rings is 1. The minimum Gasteiger partial charge on any atom is -0.494 e. The van der Waals surface area contributed by atoms with Gasteiger partial charge < -0.3 is 9.84 Å². The lowest BCUT2D eigenvalue weighted by Crippen LogP contribution is -2.24. The normalized spacial score (nSPS) is 10.9. The van der Waals surface area contributed by atoms with E-state index in [1.165, 1.54) is 7.11 Å². The standard InChI is InChI=1S/C11H10N4O5S/c1-20-7(16)2-5-4-21-11(13-5)12-3-6-8(17)14-10(19)15-9(6)18/h3-4H,2H2,1H3,(H3,14,15,17,18,19). The monoisotopic (exact) mass is 310 g/mol. The summed E-state index contributed by atoms with van der Waals surface area (Å²) in [6, 6.07) is 0. The van der Waals surface area contributed by atoms with Gasteiger partial charge in [-0.1, -0.05) is 0 Å². The molecule has 0 spiro atoms. The van der Waals surface area contributed by atoms with E-state index >= 15 is 0 Å². The summed E-state index contributed by atoms with van der Waals surface area (Å²) in [5, 5.41) is 11.4. The molecule has 0 aliphatic carbocycles. The number of hydrogen-bond donors (Lipinski definition) is 3. The van der Waals surface area contributed by atoms with Gasteiger partial charge in [-0.05, 0) is 0 Å². The minimum absolute atomic E-state index is 0.0208. The predicted molar refractivity (Wildman–Crippen MR) is 74.4 cm³/mol. The second-order valence-corrected chi connectivity index (χ2v) is 4.64. The van der Waals surface area contributed by atoms with Crippen molar-refractivity contribution in [3.05, 3.63) is 37.5 Å². The van der Waals surface area contributed by atoms with Gasteiger partial charge in [-0.25, -0.2) is 14.8 Å². The van der Waals surface area contributed by atoms with E-state index < -0.39 is 23.1 Å². The summed E-state index contributed by atoms with van der Waals surface area (Å²) >= 11 is 1.15. The summed E-state index contributed by atoms with van der Waals surface area (Å²) in [4.78, 5) is 45.4. The Bertz CT molecular complexity index is 803. The number of nitrogens with zero attached hydrogens (tertiary/aromatic N) is 2. The maximum Gasteiger partial charge on any atom is 0.328 e. The first-order valence-corrected chi connectivity index (χ1v) is 6.48. The van der Waals surface area contributed by atoms with Crippen molar-refractivity contribution in [3.8, 4) is 5.88 Å². The average Bonchev–Trinajstić information content (AvgIpc) is 2.85. The molecule has 0 fully saturated rings. The lowest BCUT2D eigenvalue weighted by atomic mass is 10.3. The number of rotatable bonds is 4. The van der Waals surface area contributed by atoms with E-state index in [1.54, 1.807) is 5.38 Å². The van der Waals surface area contributed by atoms with E-state index in [0.29, 0.717) is 10.8 Å². The van der Waals surface area contributed by atoms with Crippen LogP contribution in [0.1, 0.15) is 11.3 Å². The van der Waals surface area contributed by atoms with Crippen LogP contribution in [0.25, 0.3) is 0 Å². The molecule has 0 aliphatic rings. The number of carbonyl (C=O) groups is 1. The SMILES string of the molecule is COC(=O)Cc1csc(N=Cc2c(O)[nH]c(=O)[nH]c2=O)n1. The fourth-order valence-corrected chi connectivity index (χ4v) is 2.04. The summed E-state index contributed by atoms with van der Waals surface area (Å²) in [5.74, 6) is -1.01. The molecule has 0 saturated carbocycles. The first-order chi connectivity index (χ1) is 9.99. The molecule has 0 unspecified atom stereocenters. The molecule has 0 aromatic carbocycles. The fourth-order valence-electron chi connectivity index (χ4n) is 1.38. The molecule has 0 aliphatic heterocycles. The van der Waals surface area contributed by atoms with E-state index in [-0.39, 0.29) is 12.0 Å². The summed E-state index contributed by atoms with van der Waals surface area (Å²) in [7, 11) is 1.28. The zero-order chi connectivity index (χ0) is 15.4. The highest BCUT2D eigenvalue weighted by molar-refractivity contribution is 7.13. The third kappa shape index (κ3) is 3.63. The Labute approximate surface area is 121 Å². The van der Waals surface area contributed by atoms with Crippen molar-refractivity contribution in [1.29, 1.82) is 0 Å². The number of aromatic hydroxyl groups is 1. The maximum atomic E-state index is 11.5. The van der Waals surface area contributed by atoms with Crippen molar-refractivity contribution >= 4 is 28.7 Å². The predicted octanol–water partition coefficient (Wildman–Crippen LogP) is -0.309. The summed E-state index contributed by atoms with van der Waals surface area (Å²) in [5.41, 5.74) is -1.30. The molecular formula is C11H10N4O5S. The highest BCUT2D eigenvalue weighted by Crippen LogP contribution is 2.19. The molecule has 2 aromatic heterocycles. The maximum absolute atomic E-state index is 11.5. The van der Waals surface area contributed by atoms with E-state index in [4.69, 9.17) is 0 Å². The molecule has 0 saturated heterocycles. The number of hydrogen-bond acceptors (Lipinski definition) is 8. The molecule has 0 amide bonds. The number of methoxy groups -OCH3 is 1. The average molecular weight is 310 g/mol. The van der Waals surface area contributed by atoms with E-state index in [1.807, 2.05) is 9.97 Å². The van der Waals surface area contributed by atoms with Crippen LogP contribution >= 0.6 is 11.3 Å². The fraction of sp³-hybridized carbons (Fsp3) is 0.182. The van der Waals surface area contributed by atoms with Crippen LogP contribution in [0.15, 0.2) is 20.0 Å². The highest BCUT2D eigenvalue weighted by Gasteiger charge is 2.08. The Morgan fingerprint density at radius 3 is 2.95 bits per heavy atom. The van der Waals surface area contributed by atoms with Gasteiger partial charge in [-0.15, -0.1) is 11.3 Å². The molecule has 110 valence electrons. The van der Waals surface area contributed by atoms with Gasteiger partial charge in [-0.2, -0.15) is 0 Å². The van der Waals surface area contributed by atoms with Gasteiger partial charge in [-0.3, -0.25) is 19.6 Å². The number of ether oxygens (including phenoxy) is 1. The molecule has 3 N–H and O–H groups in total. The van der Waals surface area contributed by atoms with Gasteiger partial charge in [0.05, 0.1) is 19.2 Å². The zero-order valence-corrected chi connectivity index (χ0v) is 11.6. The number of H-pyrrole nitrogens is 2. The van der Waals surface area contributed by atoms with Crippen molar-refractivity contribution in [2.75, 3.05) is 7.11 Å². The van der Waals surface area contributed by atoms with Crippen LogP contribution in [-0.2, 0) is 16.0 Å². The molecule has 0 bridgehead atoms. The zero-order valence-electron chi connectivity index (χ0n) is 10.7. The van der Waals surface area contributed by atoms with Crippen LogP contribution in [0.2, 0.25) is 0 Å². The van der Waals surface area contributed by atoms with Gasteiger partial charge in [0.1, 0.15) is 5.56 Å². The topological polar surface area (TPSA) is 138 Å². The van der Waals surface area contributed by atoms with Gasteiger partial charge in [0.25, 0.3) is 5.56 Å². The van der Waals surface area contributed by atoms with Gasteiger partial charge in [0, 0.05) is 11.6 Å². The highest BCUT2D eigenvalue weighted by atomic mass is 32.1. The number of carbonyl (C=O) groups excluding carboxylic acids is 1. The molecule has 9 nitrogen and oxygen atoms in total. The second-order valence-electron chi connectivity index (χ2n) is 3.80. The van der Waals surface area contributed by atoms with Crippen LogP contribution < -0.4 is 11.2 Å². The molecule has 2 aromatic rings. The van der Waals surface area contributed by atoms with Crippen molar-refractivity contribution < 1.29 is 14.6 Å². The molecular weight excluding hydrogens is 300 g/mol. The van der Waals surface area contributed by atoms with E-state index in [9.17, 15) is 19.5 Å². The van der Waals surface area contributed by atoms with Crippen molar-refractivity contribution in [1.82, 2.24) is 15.0 Å². The van der Waals surface area contributed by atoms with E-state index in [0.717, 1.165) is 17.6 Å². The first-order valence-electron chi connectivity index (χ1n) is 5.60. The van der Waals surface area contributed by atoms with Crippen LogP contribution in [0.3, 0.4) is 0 Å². The second kappa shape index (κ2) is 6.13. The molecule has 2 heterocycles. The number of aliphatic imine (C=N–C) groups is 1. The lowest BCUT2D eigenvalue weighted by Gasteiger charge is -1.95. The van der Waals surface area contributed by atoms with Gasteiger partial charge in [0.2, 0.25) is 11.0 Å². The van der Waals surface area contributed by atoms with Gasteiger partial charge >= 0.3 is 11.7 Å². The first kappa shape index (κ1) is 14.7. The van der Waals surface area contributed by atoms with Crippen molar-refractivity contribution in [2.24, 2.45) is 4.99 Å².